The zero-order valence-electron chi connectivity index (χ0n) is 16.7. The Morgan fingerprint density at radius 2 is 1.75 bits per heavy atom. The van der Waals surface area contributed by atoms with Crippen LogP contribution < -0.4 is 4.90 Å². The molecule has 0 N–H and O–H groups in total. The number of para-hydroxylation sites is 1. The van der Waals surface area contributed by atoms with Crippen LogP contribution in [0.5, 0.6) is 0 Å². The summed E-state index contributed by atoms with van der Waals surface area (Å²) >= 11 is 1.96. The van der Waals surface area contributed by atoms with Crippen molar-refractivity contribution in [3.63, 3.8) is 0 Å². The number of benzene rings is 2. The van der Waals surface area contributed by atoms with E-state index in [9.17, 15) is 4.79 Å². The van der Waals surface area contributed by atoms with E-state index in [-0.39, 0.29) is 5.91 Å². The van der Waals surface area contributed by atoms with Gasteiger partial charge in [-0.1, -0.05) is 49.4 Å². The molecule has 1 atom stereocenters. The lowest BCUT2D eigenvalue weighted by Gasteiger charge is -2.37. The molecular weight excluding hydrogens is 364 g/mol. The van der Waals surface area contributed by atoms with E-state index in [0.717, 1.165) is 45.3 Å². The molecule has 4 rings (SSSR count). The van der Waals surface area contributed by atoms with E-state index >= 15 is 0 Å². The van der Waals surface area contributed by atoms with Crippen molar-refractivity contribution < 1.29 is 4.79 Å². The smallest absolute Gasteiger partial charge is 0.242 e. The van der Waals surface area contributed by atoms with Gasteiger partial charge in [-0.25, -0.2) is 0 Å². The van der Waals surface area contributed by atoms with E-state index in [1.807, 2.05) is 11.8 Å². The highest BCUT2D eigenvalue weighted by Gasteiger charge is 2.28. The number of carbonyl (C=O) groups is 1. The van der Waals surface area contributed by atoms with Crippen LogP contribution >= 0.6 is 11.8 Å². The molecule has 0 bridgehead atoms. The number of amides is 1. The number of fused-ring (bicyclic) bond motifs is 1. The maximum absolute atomic E-state index is 13.0. The van der Waals surface area contributed by atoms with Crippen molar-refractivity contribution in [3.8, 4) is 0 Å². The number of hydrogen-bond acceptors (Lipinski definition) is 3. The Morgan fingerprint density at radius 3 is 2.50 bits per heavy atom. The third-order valence-corrected chi connectivity index (χ3v) is 7.45. The first-order valence-corrected chi connectivity index (χ1v) is 11.4. The fraction of sp³-hybridized carbons (Fsp3) is 0.458. The van der Waals surface area contributed by atoms with Gasteiger partial charge in [0.15, 0.2) is 0 Å². The van der Waals surface area contributed by atoms with Crippen molar-refractivity contribution in [1.82, 2.24) is 4.90 Å². The summed E-state index contributed by atoms with van der Waals surface area (Å²) in [5.74, 6) is 0.984. The summed E-state index contributed by atoms with van der Waals surface area (Å²) < 4.78 is 0. The Labute approximate surface area is 173 Å². The van der Waals surface area contributed by atoms with Gasteiger partial charge in [0, 0.05) is 29.8 Å². The van der Waals surface area contributed by atoms with Gasteiger partial charge in [0.1, 0.15) is 0 Å². The molecule has 1 amide bonds. The van der Waals surface area contributed by atoms with Gasteiger partial charge in [-0.2, -0.15) is 0 Å². The van der Waals surface area contributed by atoms with Crippen LogP contribution in [-0.2, 0) is 11.2 Å². The molecule has 0 saturated carbocycles. The minimum Gasteiger partial charge on any atom is -0.360 e. The average Bonchev–Trinajstić information content (AvgIpc) is 2.75. The lowest BCUT2D eigenvalue weighted by atomic mass is 9.90. The number of hydrogen-bond donors (Lipinski definition) is 0. The van der Waals surface area contributed by atoms with Crippen molar-refractivity contribution >= 4 is 23.4 Å². The van der Waals surface area contributed by atoms with E-state index in [1.54, 1.807) is 0 Å². The fourth-order valence-corrected chi connectivity index (χ4v) is 5.59. The van der Waals surface area contributed by atoms with Crippen molar-refractivity contribution in [3.05, 3.63) is 60.2 Å². The Hall–Kier alpha value is -1.94. The summed E-state index contributed by atoms with van der Waals surface area (Å²) in [6, 6.07) is 19.3. The molecule has 0 aliphatic carbocycles. The van der Waals surface area contributed by atoms with Crippen LogP contribution in [0.4, 0.5) is 5.69 Å². The SMILES string of the molecule is CC[C@H]1CN(CC(=O)N2CCC(Cc3ccccc3)CC2)c2ccccc2S1. The fourth-order valence-electron chi connectivity index (χ4n) is 4.34. The number of rotatable bonds is 5. The molecule has 0 spiro atoms. The summed E-state index contributed by atoms with van der Waals surface area (Å²) in [4.78, 5) is 18.7. The van der Waals surface area contributed by atoms with Gasteiger partial charge in [0.05, 0.1) is 12.2 Å². The molecule has 28 heavy (non-hydrogen) atoms. The first-order valence-electron chi connectivity index (χ1n) is 10.5. The third-order valence-electron chi connectivity index (χ3n) is 6.04. The number of piperidine rings is 1. The van der Waals surface area contributed by atoms with E-state index in [4.69, 9.17) is 0 Å². The molecule has 0 aromatic heterocycles. The second-order valence-corrected chi connectivity index (χ2v) is 9.35. The van der Waals surface area contributed by atoms with Crippen molar-refractivity contribution in [2.24, 2.45) is 5.92 Å². The molecular formula is C24H30N2OS. The van der Waals surface area contributed by atoms with Crippen LogP contribution in [0.3, 0.4) is 0 Å². The van der Waals surface area contributed by atoms with Crippen molar-refractivity contribution in [1.29, 1.82) is 0 Å². The second kappa shape index (κ2) is 9.04. The minimum absolute atomic E-state index is 0.287. The van der Waals surface area contributed by atoms with Gasteiger partial charge in [-0.15, -0.1) is 11.8 Å². The predicted octanol–water partition coefficient (Wildman–Crippen LogP) is 4.86. The van der Waals surface area contributed by atoms with Crippen molar-refractivity contribution in [2.45, 2.75) is 42.8 Å². The highest BCUT2D eigenvalue weighted by atomic mass is 32.2. The summed E-state index contributed by atoms with van der Waals surface area (Å²) in [6.07, 6.45) is 4.50. The maximum Gasteiger partial charge on any atom is 0.242 e. The average molecular weight is 395 g/mol. The molecule has 2 aromatic rings. The van der Waals surface area contributed by atoms with Crippen LogP contribution in [0.2, 0.25) is 0 Å². The highest BCUT2D eigenvalue weighted by molar-refractivity contribution is 8.00. The van der Waals surface area contributed by atoms with Gasteiger partial charge in [0.2, 0.25) is 5.91 Å². The lowest BCUT2D eigenvalue weighted by molar-refractivity contribution is -0.131. The Bertz CT molecular complexity index is 786. The lowest BCUT2D eigenvalue weighted by Crippen LogP contribution is -2.46. The van der Waals surface area contributed by atoms with E-state index < -0.39 is 0 Å². The monoisotopic (exact) mass is 394 g/mol. The highest BCUT2D eigenvalue weighted by Crippen LogP contribution is 2.39. The summed E-state index contributed by atoms with van der Waals surface area (Å²) in [6.45, 7) is 5.52. The molecule has 2 aliphatic rings. The number of likely N-dealkylation sites (tertiary alicyclic amines) is 1. The molecule has 148 valence electrons. The summed E-state index contributed by atoms with van der Waals surface area (Å²) in [5, 5.41) is 0.569. The zero-order valence-corrected chi connectivity index (χ0v) is 17.5. The van der Waals surface area contributed by atoms with Gasteiger partial charge < -0.3 is 9.80 Å². The number of thioether (sulfide) groups is 1. The van der Waals surface area contributed by atoms with Gasteiger partial charge in [-0.3, -0.25) is 4.79 Å². The molecule has 3 nitrogen and oxygen atoms in total. The second-order valence-electron chi connectivity index (χ2n) is 8.01. The molecule has 2 aromatic carbocycles. The number of nitrogens with zero attached hydrogens (tertiary/aromatic N) is 2. The van der Waals surface area contributed by atoms with Gasteiger partial charge >= 0.3 is 0 Å². The molecule has 1 fully saturated rings. The minimum atomic E-state index is 0.287. The predicted molar refractivity (Wildman–Crippen MR) is 118 cm³/mol. The summed E-state index contributed by atoms with van der Waals surface area (Å²) in [5.41, 5.74) is 2.64. The third kappa shape index (κ3) is 4.54. The van der Waals surface area contributed by atoms with Gasteiger partial charge in [-0.05, 0) is 49.3 Å². The van der Waals surface area contributed by atoms with Crippen LogP contribution in [0.25, 0.3) is 0 Å². The number of carbonyl (C=O) groups excluding carboxylic acids is 1. The summed E-state index contributed by atoms with van der Waals surface area (Å²) in [7, 11) is 0. The largest absolute Gasteiger partial charge is 0.360 e. The molecule has 4 heteroatoms. The molecule has 0 radical (unpaired) electrons. The first kappa shape index (κ1) is 19.4. The number of anilines is 1. The Morgan fingerprint density at radius 1 is 1.04 bits per heavy atom. The molecule has 2 aliphatic heterocycles. The standard InChI is InChI=1S/C24H30N2OS/c1-2-21-17-26(22-10-6-7-11-23(22)28-21)18-24(27)25-14-12-20(13-15-25)16-19-8-4-3-5-9-19/h3-11,20-21H,2,12-18H2,1H3/t21-/m0/s1. The molecule has 2 heterocycles. The Balaban J connectivity index is 1.33. The Kier molecular flexibility index (Phi) is 6.26. The quantitative estimate of drug-likeness (QED) is 0.724. The zero-order chi connectivity index (χ0) is 19.3. The topological polar surface area (TPSA) is 23.6 Å². The van der Waals surface area contributed by atoms with Crippen LogP contribution in [0.15, 0.2) is 59.5 Å². The van der Waals surface area contributed by atoms with Crippen LogP contribution in [0, 0.1) is 5.92 Å². The van der Waals surface area contributed by atoms with Gasteiger partial charge in [0.25, 0.3) is 0 Å². The van der Waals surface area contributed by atoms with E-state index in [0.29, 0.717) is 17.7 Å². The van der Waals surface area contributed by atoms with Crippen molar-refractivity contribution in [2.75, 3.05) is 31.1 Å². The van der Waals surface area contributed by atoms with E-state index in [1.165, 1.54) is 16.1 Å². The molecule has 0 unspecified atom stereocenters. The van der Waals surface area contributed by atoms with Crippen LogP contribution in [0.1, 0.15) is 31.7 Å². The van der Waals surface area contributed by atoms with E-state index in [2.05, 4.69) is 71.3 Å². The first-order chi connectivity index (χ1) is 13.7. The molecule has 1 saturated heterocycles. The van der Waals surface area contributed by atoms with Crippen LogP contribution in [-0.4, -0.2) is 42.2 Å². The maximum atomic E-state index is 13.0. The normalized spacial score (nSPS) is 20.1.